The highest BCUT2D eigenvalue weighted by Crippen LogP contribution is 2.28. The number of carbonyl (C=O) groups excluding carboxylic acids is 2. The first kappa shape index (κ1) is 20.9. The number of benzene rings is 1. The van der Waals surface area contributed by atoms with Gasteiger partial charge in [-0.05, 0) is 50.7 Å². The number of carbonyl (C=O) groups is 2. The lowest BCUT2D eigenvalue weighted by Gasteiger charge is -2.22. The normalized spacial score (nSPS) is 18.9. The molecule has 3 rings (SSSR count). The lowest BCUT2D eigenvalue weighted by Crippen LogP contribution is -2.44. The van der Waals surface area contributed by atoms with E-state index in [0.717, 1.165) is 25.0 Å². The average molecular weight is 400 g/mol. The highest BCUT2D eigenvalue weighted by molar-refractivity contribution is 5.87. The molecule has 0 spiro atoms. The Labute approximate surface area is 170 Å². The van der Waals surface area contributed by atoms with Crippen molar-refractivity contribution in [1.82, 2.24) is 21.0 Å². The maximum absolute atomic E-state index is 12.9. The van der Waals surface area contributed by atoms with E-state index in [1.165, 1.54) is 0 Å². The van der Waals surface area contributed by atoms with Crippen molar-refractivity contribution in [2.45, 2.75) is 31.3 Å². The van der Waals surface area contributed by atoms with Crippen LogP contribution in [-0.4, -0.2) is 55.0 Å². The van der Waals surface area contributed by atoms with Crippen LogP contribution in [0.5, 0.6) is 5.75 Å². The van der Waals surface area contributed by atoms with Crippen molar-refractivity contribution in [2.75, 3.05) is 27.2 Å². The van der Waals surface area contributed by atoms with Gasteiger partial charge < -0.3 is 25.5 Å². The molecule has 0 saturated carbocycles. The molecule has 2 atom stereocenters. The number of allylic oxidation sites excluding steroid dienone is 2. The summed E-state index contributed by atoms with van der Waals surface area (Å²) in [6.45, 7) is 1.25. The van der Waals surface area contributed by atoms with Crippen molar-refractivity contribution in [3.05, 3.63) is 53.3 Å². The van der Waals surface area contributed by atoms with Gasteiger partial charge in [0.1, 0.15) is 17.6 Å². The Kier molecular flexibility index (Phi) is 6.90. The minimum atomic E-state index is -0.591. The second kappa shape index (κ2) is 9.58. The van der Waals surface area contributed by atoms with Crippen LogP contribution < -0.4 is 16.1 Å². The third-order valence-corrected chi connectivity index (χ3v) is 4.92. The zero-order valence-corrected chi connectivity index (χ0v) is 16.8. The lowest BCUT2D eigenvalue weighted by molar-refractivity contribution is -0.125. The van der Waals surface area contributed by atoms with E-state index in [-0.39, 0.29) is 24.0 Å². The Bertz CT molecular complexity index is 819. The number of hydrogen-bond acceptors (Lipinski definition) is 6. The van der Waals surface area contributed by atoms with E-state index in [9.17, 15) is 14.7 Å². The fourth-order valence-corrected chi connectivity index (χ4v) is 3.38. The van der Waals surface area contributed by atoms with Crippen molar-refractivity contribution in [2.24, 2.45) is 0 Å². The maximum atomic E-state index is 12.9. The van der Waals surface area contributed by atoms with Gasteiger partial charge in [-0.1, -0.05) is 18.2 Å². The fraction of sp³-hybridized carbons (Fsp3) is 0.429. The van der Waals surface area contributed by atoms with Crippen LogP contribution in [0.25, 0.3) is 0 Å². The molecule has 1 aromatic rings. The summed E-state index contributed by atoms with van der Waals surface area (Å²) >= 11 is 0. The molecule has 1 aliphatic heterocycles. The fourth-order valence-electron chi connectivity index (χ4n) is 3.38. The molecule has 1 aliphatic carbocycles. The van der Waals surface area contributed by atoms with Crippen molar-refractivity contribution in [1.29, 1.82) is 0 Å². The second-order valence-corrected chi connectivity index (χ2v) is 7.50. The third-order valence-electron chi connectivity index (χ3n) is 4.92. The highest BCUT2D eigenvalue weighted by atomic mass is 16.7. The predicted octanol–water partition coefficient (Wildman–Crippen LogP) is 1.12. The minimum Gasteiger partial charge on any atom is -0.508 e. The van der Waals surface area contributed by atoms with E-state index < -0.39 is 12.1 Å². The van der Waals surface area contributed by atoms with E-state index in [2.05, 4.69) is 16.1 Å². The number of aromatic hydroxyl groups is 1. The van der Waals surface area contributed by atoms with Crippen LogP contribution in [0.1, 0.15) is 30.9 Å². The van der Waals surface area contributed by atoms with Gasteiger partial charge in [-0.2, -0.15) is 0 Å². The number of phenols is 1. The number of phenolic OH excluding ortho intramolecular Hbond substituents is 1. The number of amides is 2. The zero-order valence-electron chi connectivity index (χ0n) is 16.8. The molecule has 0 bridgehead atoms. The summed E-state index contributed by atoms with van der Waals surface area (Å²) in [4.78, 5) is 32.8. The van der Waals surface area contributed by atoms with Gasteiger partial charge in [0.15, 0.2) is 0 Å². The molecule has 0 saturated heterocycles. The van der Waals surface area contributed by atoms with Gasteiger partial charge in [0.05, 0.1) is 12.5 Å². The maximum Gasteiger partial charge on any atom is 0.245 e. The Morgan fingerprint density at radius 2 is 2.21 bits per heavy atom. The molecule has 2 amide bonds. The van der Waals surface area contributed by atoms with E-state index >= 15 is 0 Å². The molecule has 0 aromatic heterocycles. The zero-order chi connectivity index (χ0) is 20.8. The quantitative estimate of drug-likeness (QED) is 0.522. The standard InChI is InChI=1S/C21H28N4O4/c1-25(2)11-10-22-19(27)13-17(14-6-5-7-15(26)12-14)23-21(28)20-16-8-3-4-9-18(16)29-24-20/h4-7,9,12,17,20,24,26H,3,8,10-11,13H2,1-2H3,(H,22,27)(H,23,28). The van der Waals surface area contributed by atoms with Gasteiger partial charge in [0.25, 0.3) is 0 Å². The SMILES string of the molecule is CN(C)CCNC(=O)CC(NC(=O)C1NOC2=C1CCC=C2)c1cccc(O)c1. The lowest BCUT2D eigenvalue weighted by atomic mass is 9.96. The van der Waals surface area contributed by atoms with Crippen molar-refractivity contribution in [3.8, 4) is 5.75 Å². The van der Waals surface area contributed by atoms with Gasteiger partial charge in [-0.25, -0.2) is 0 Å². The summed E-state index contributed by atoms with van der Waals surface area (Å²) in [6, 6.07) is 5.43. The molecule has 2 aliphatic rings. The second-order valence-electron chi connectivity index (χ2n) is 7.50. The molecule has 8 nitrogen and oxygen atoms in total. The largest absolute Gasteiger partial charge is 0.508 e. The summed E-state index contributed by atoms with van der Waals surface area (Å²) in [5, 5.41) is 15.6. The summed E-state index contributed by atoms with van der Waals surface area (Å²) < 4.78 is 0. The Balaban J connectivity index is 1.70. The van der Waals surface area contributed by atoms with Crippen LogP contribution in [0.3, 0.4) is 0 Å². The smallest absolute Gasteiger partial charge is 0.245 e. The number of hydroxylamine groups is 1. The monoisotopic (exact) mass is 400 g/mol. The molecule has 1 heterocycles. The molecule has 2 unspecified atom stereocenters. The summed E-state index contributed by atoms with van der Waals surface area (Å²) in [5.41, 5.74) is 4.35. The third kappa shape index (κ3) is 5.58. The summed E-state index contributed by atoms with van der Waals surface area (Å²) in [6.07, 6.45) is 5.55. The van der Waals surface area contributed by atoms with Crippen molar-refractivity contribution >= 4 is 11.8 Å². The topological polar surface area (TPSA) is 103 Å². The average Bonchev–Trinajstić information content (AvgIpc) is 3.11. The van der Waals surface area contributed by atoms with Gasteiger partial charge in [0.2, 0.25) is 11.8 Å². The van der Waals surface area contributed by atoms with Crippen molar-refractivity contribution in [3.63, 3.8) is 0 Å². The number of likely N-dealkylation sites (N-methyl/N-ethyl adjacent to an activating group) is 1. The Morgan fingerprint density at radius 1 is 1.38 bits per heavy atom. The van der Waals surface area contributed by atoms with E-state index in [0.29, 0.717) is 17.9 Å². The van der Waals surface area contributed by atoms with Crippen LogP contribution in [-0.2, 0) is 14.4 Å². The van der Waals surface area contributed by atoms with Crippen LogP contribution in [0.15, 0.2) is 47.7 Å². The molecule has 8 heteroatoms. The molecular weight excluding hydrogens is 372 g/mol. The Hall–Kier alpha value is -2.84. The van der Waals surface area contributed by atoms with E-state index in [1.54, 1.807) is 24.3 Å². The molecule has 29 heavy (non-hydrogen) atoms. The van der Waals surface area contributed by atoms with E-state index in [4.69, 9.17) is 4.84 Å². The number of nitrogens with zero attached hydrogens (tertiary/aromatic N) is 1. The Morgan fingerprint density at radius 3 is 2.97 bits per heavy atom. The van der Waals surface area contributed by atoms with Gasteiger partial charge in [-0.15, -0.1) is 5.48 Å². The number of rotatable bonds is 8. The first-order valence-electron chi connectivity index (χ1n) is 9.76. The van der Waals surface area contributed by atoms with Gasteiger partial charge in [0, 0.05) is 18.7 Å². The van der Waals surface area contributed by atoms with Crippen molar-refractivity contribution < 1.29 is 19.5 Å². The minimum absolute atomic E-state index is 0.0714. The van der Waals surface area contributed by atoms with Crippen LogP contribution >= 0.6 is 0 Å². The van der Waals surface area contributed by atoms with Gasteiger partial charge in [-0.3, -0.25) is 9.59 Å². The molecule has 0 radical (unpaired) electrons. The number of hydrogen-bond donors (Lipinski definition) is 4. The first-order chi connectivity index (χ1) is 13.9. The first-order valence-corrected chi connectivity index (χ1v) is 9.76. The molecular formula is C21H28N4O4. The van der Waals surface area contributed by atoms with E-state index in [1.807, 2.05) is 31.1 Å². The molecule has 0 fully saturated rings. The van der Waals surface area contributed by atoms with Crippen LogP contribution in [0.4, 0.5) is 0 Å². The molecule has 156 valence electrons. The predicted molar refractivity (Wildman–Crippen MR) is 109 cm³/mol. The summed E-state index contributed by atoms with van der Waals surface area (Å²) in [7, 11) is 3.87. The van der Waals surface area contributed by atoms with Crippen LogP contribution in [0.2, 0.25) is 0 Å². The highest BCUT2D eigenvalue weighted by Gasteiger charge is 2.34. The van der Waals surface area contributed by atoms with Gasteiger partial charge >= 0.3 is 0 Å². The summed E-state index contributed by atoms with van der Waals surface area (Å²) in [5.74, 6) is 0.336. The number of nitrogens with one attached hydrogen (secondary N) is 3. The van der Waals surface area contributed by atoms with Crippen LogP contribution in [0, 0.1) is 0 Å². The molecule has 4 N–H and O–H groups in total. The molecule has 1 aromatic carbocycles.